The summed E-state index contributed by atoms with van der Waals surface area (Å²) >= 11 is 0. The topological polar surface area (TPSA) is 118 Å². The summed E-state index contributed by atoms with van der Waals surface area (Å²) in [4.78, 5) is 36.8. The number of fused-ring (bicyclic) bond motifs is 1. The maximum Gasteiger partial charge on any atom is 0.338 e. The van der Waals surface area contributed by atoms with Gasteiger partial charge in [0, 0.05) is 19.8 Å². The number of anilines is 1. The molecule has 2 heterocycles. The average molecular weight is 611 g/mol. The fraction of sp³-hybridized carbons (Fsp3) is 0.286. The number of H-pyrrole nitrogens is 1. The van der Waals surface area contributed by atoms with Crippen molar-refractivity contribution in [2.24, 2.45) is 4.99 Å². The van der Waals surface area contributed by atoms with Crippen LogP contribution in [0.1, 0.15) is 55.2 Å². The van der Waals surface area contributed by atoms with Crippen molar-refractivity contribution in [3.8, 4) is 11.5 Å². The lowest BCUT2D eigenvalue weighted by molar-refractivity contribution is -0.139. The monoisotopic (exact) mass is 610 g/mol. The predicted octanol–water partition coefficient (Wildman–Crippen LogP) is 3.77. The quantitative estimate of drug-likeness (QED) is 0.263. The molecule has 0 bridgehead atoms. The number of nitrogens with zero attached hydrogens (tertiary/aromatic N) is 3. The number of hydrogen-bond donors (Lipinski definition) is 2. The molecule has 45 heavy (non-hydrogen) atoms. The molecular weight excluding hydrogens is 572 g/mol. The number of carbonyl (C=O) groups is 1. The van der Waals surface area contributed by atoms with E-state index >= 15 is 0 Å². The van der Waals surface area contributed by atoms with Crippen LogP contribution < -0.4 is 30.9 Å². The molecule has 4 aromatic rings. The minimum atomic E-state index is -0.723. The number of ether oxygens (including phenoxy) is 3. The van der Waals surface area contributed by atoms with Gasteiger partial charge in [-0.2, -0.15) is 0 Å². The molecule has 2 N–H and O–H groups in total. The number of aliphatic hydroxyl groups is 1. The number of aliphatic hydroxyl groups excluding tert-OH is 1. The molecule has 0 fully saturated rings. The summed E-state index contributed by atoms with van der Waals surface area (Å²) < 4.78 is 18.5. The van der Waals surface area contributed by atoms with E-state index in [2.05, 4.69) is 9.98 Å². The number of aromatic nitrogens is 2. The molecule has 2 atom stereocenters. The van der Waals surface area contributed by atoms with E-state index in [1.165, 1.54) is 4.57 Å². The number of benzene rings is 3. The number of nitrogens with one attached hydrogen (secondary N) is 1. The van der Waals surface area contributed by atoms with Crippen LogP contribution in [0.3, 0.4) is 0 Å². The molecule has 0 spiro atoms. The standard InChI is InChI=1S/C35H38N4O6/c1-7-44-34(42)31-21(2)36-35-37-28(33(41)39(35)32(31)26-13-15-27(16-14-26)38(4)5)18-24-10-17-29(30(19-24)43-6)45-20-23-8-11-25(12-9-23)22(3)40/h8-19,22,32,40H,7,20H2,1-6H3,(H,36,37)/b28-18+. The van der Waals surface area contributed by atoms with Gasteiger partial charge in [-0.1, -0.05) is 42.5 Å². The van der Waals surface area contributed by atoms with Gasteiger partial charge in [0.2, 0.25) is 5.62 Å². The number of esters is 1. The zero-order chi connectivity index (χ0) is 32.2. The highest BCUT2D eigenvalue weighted by Crippen LogP contribution is 2.32. The third-order valence-electron chi connectivity index (χ3n) is 7.69. The van der Waals surface area contributed by atoms with Crippen molar-refractivity contribution < 1.29 is 24.1 Å². The Morgan fingerprint density at radius 2 is 1.80 bits per heavy atom. The van der Waals surface area contributed by atoms with Gasteiger partial charge in [0.05, 0.1) is 37.1 Å². The molecule has 5 rings (SSSR count). The lowest BCUT2D eigenvalue weighted by Gasteiger charge is -2.25. The minimum absolute atomic E-state index is 0.201. The molecular formula is C35H38N4O6. The van der Waals surface area contributed by atoms with Gasteiger partial charge in [0.25, 0.3) is 5.56 Å². The van der Waals surface area contributed by atoms with Crippen molar-refractivity contribution in [3.05, 3.63) is 122 Å². The molecule has 1 aliphatic rings. The van der Waals surface area contributed by atoms with E-state index in [9.17, 15) is 14.7 Å². The van der Waals surface area contributed by atoms with Gasteiger partial charge in [-0.05, 0) is 73.4 Å². The van der Waals surface area contributed by atoms with E-state index in [1.54, 1.807) is 46.1 Å². The first-order valence-corrected chi connectivity index (χ1v) is 14.7. The number of allylic oxidation sites excluding steroid dienone is 1. The van der Waals surface area contributed by atoms with Gasteiger partial charge < -0.3 is 29.2 Å². The number of aromatic amines is 1. The highest BCUT2D eigenvalue weighted by atomic mass is 16.5. The number of methoxy groups -OCH3 is 1. The SMILES string of the molecule is CCOC(=O)C1=C(C)N=c2[nH]/c(=C/c3ccc(OCc4ccc(C(C)O)cc4)c(OC)c3)c(=O)n2C1c1ccc(N(C)C)cc1. The third-order valence-corrected chi connectivity index (χ3v) is 7.69. The fourth-order valence-electron chi connectivity index (χ4n) is 5.28. The first-order chi connectivity index (χ1) is 21.6. The van der Waals surface area contributed by atoms with Gasteiger partial charge in [0.15, 0.2) is 11.5 Å². The second-order valence-electron chi connectivity index (χ2n) is 11.0. The summed E-state index contributed by atoms with van der Waals surface area (Å²) in [6, 6.07) is 20.0. The molecule has 1 aliphatic heterocycles. The molecule has 2 unspecified atom stereocenters. The number of hydrogen-bond acceptors (Lipinski definition) is 8. The number of carbonyl (C=O) groups excluding carboxylic acids is 1. The highest BCUT2D eigenvalue weighted by molar-refractivity contribution is 5.91. The first-order valence-electron chi connectivity index (χ1n) is 14.7. The van der Waals surface area contributed by atoms with Gasteiger partial charge in [-0.25, -0.2) is 9.79 Å². The smallest absolute Gasteiger partial charge is 0.338 e. The first kappa shape index (κ1) is 31.3. The van der Waals surface area contributed by atoms with Crippen molar-refractivity contribution in [2.45, 2.75) is 39.5 Å². The van der Waals surface area contributed by atoms with Crippen molar-refractivity contribution >= 4 is 17.7 Å². The second-order valence-corrected chi connectivity index (χ2v) is 11.0. The van der Waals surface area contributed by atoms with Crippen LogP contribution >= 0.6 is 0 Å². The molecule has 0 aliphatic carbocycles. The Kier molecular flexibility index (Phi) is 9.24. The lowest BCUT2D eigenvalue weighted by Crippen LogP contribution is -2.40. The Morgan fingerprint density at radius 3 is 2.42 bits per heavy atom. The Bertz CT molecular complexity index is 1900. The maximum absolute atomic E-state index is 13.9. The average Bonchev–Trinajstić information content (AvgIpc) is 3.33. The van der Waals surface area contributed by atoms with Crippen LogP contribution in [-0.4, -0.2) is 48.4 Å². The number of imidazole rings is 1. The molecule has 0 saturated heterocycles. The van der Waals surface area contributed by atoms with Gasteiger partial charge in [-0.15, -0.1) is 0 Å². The van der Waals surface area contributed by atoms with Crippen LogP contribution in [0.2, 0.25) is 0 Å². The molecule has 10 heteroatoms. The van der Waals surface area contributed by atoms with E-state index in [4.69, 9.17) is 14.2 Å². The maximum atomic E-state index is 13.9. The summed E-state index contributed by atoms with van der Waals surface area (Å²) in [5.74, 6) is 0.544. The summed E-state index contributed by atoms with van der Waals surface area (Å²) in [7, 11) is 5.46. The Hall–Kier alpha value is -5.09. The van der Waals surface area contributed by atoms with E-state index in [1.807, 2.05) is 73.6 Å². The van der Waals surface area contributed by atoms with Crippen LogP contribution in [0.15, 0.2) is 87.8 Å². The molecule has 0 radical (unpaired) electrons. The van der Waals surface area contributed by atoms with Crippen molar-refractivity contribution in [1.82, 2.24) is 9.55 Å². The molecule has 3 aromatic carbocycles. The molecule has 234 valence electrons. The van der Waals surface area contributed by atoms with E-state index in [0.717, 1.165) is 22.4 Å². The van der Waals surface area contributed by atoms with Crippen LogP contribution in [0.4, 0.5) is 5.69 Å². The number of rotatable bonds is 10. The highest BCUT2D eigenvalue weighted by Gasteiger charge is 2.33. The van der Waals surface area contributed by atoms with Crippen LogP contribution in [-0.2, 0) is 16.1 Å². The zero-order valence-corrected chi connectivity index (χ0v) is 26.3. The summed E-state index contributed by atoms with van der Waals surface area (Å²) in [5, 5.41) is 10.0. The third kappa shape index (κ3) is 6.56. The van der Waals surface area contributed by atoms with E-state index < -0.39 is 18.1 Å². The van der Waals surface area contributed by atoms with Crippen LogP contribution in [0.5, 0.6) is 11.5 Å². The van der Waals surface area contributed by atoms with E-state index in [0.29, 0.717) is 45.9 Å². The minimum Gasteiger partial charge on any atom is -0.493 e. The van der Waals surface area contributed by atoms with Crippen molar-refractivity contribution in [1.29, 1.82) is 0 Å². The molecule has 0 saturated carbocycles. The van der Waals surface area contributed by atoms with Crippen molar-refractivity contribution in [2.75, 3.05) is 32.7 Å². The Morgan fingerprint density at radius 1 is 1.09 bits per heavy atom. The Balaban J connectivity index is 1.50. The van der Waals surface area contributed by atoms with Crippen LogP contribution in [0, 0.1) is 0 Å². The van der Waals surface area contributed by atoms with Crippen molar-refractivity contribution in [3.63, 3.8) is 0 Å². The molecule has 1 aromatic heterocycles. The molecule has 0 amide bonds. The summed E-state index contributed by atoms with van der Waals surface area (Å²) in [6.45, 7) is 5.73. The largest absolute Gasteiger partial charge is 0.493 e. The van der Waals surface area contributed by atoms with Crippen LogP contribution in [0.25, 0.3) is 6.08 Å². The van der Waals surface area contributed by atoms with E-state index in [-0.39, 0.29) is 12.2 Å². The fourth-order valence-corrected chi connectivity index (χ4v) is 5.28. The second kappa shape index (κ2) is 13.3. The molecule has 10 nitrogen and oxygen atoms in total. The predicted molar refractivity (Wildman–Crippen MR) is 172 cm³/mol. The summed E-state index contributed by atoms with van der Waals surface area (Å²) in [5.41, 5.74) is 5.05. The van der Waals surface area contributed by atoms with Gasteiger partial charge >= 0.3 is 5.97 Å². The summed E-state index contributed by atoms with van der Waals surface area (Å²) in [6.07, 6.45) is 1.19. The normalized spacial score (nSPS) is 15.3. The zero-order valence-electron chi connectivity index (χ0n) is 26.3. The van der Waals surface area contributed by atoms with Gasteiger partial charge in [-0.3, -0.25) is 9.36 Å². The van der Waals surface area contributed by atoms with Gasteiger partial charge in [0.1, 0.15) is 12.0 Å². The lowest BCUT2D eigenvalue weighted by atomic mass is 9.95. The Labute approximate surface area is 261 Å².